The van der Waals surface area contributed by atoms with Gasteiger partial charge in [-0.25, -0.2) is 0 Å². The van der Waals surface area contributed by atoms with Crippen LogP contribution in [0.4, 0.5) is 0 Å². The Balaban J connectivity index is 2.14. The van der Waals surface area contributed by atoms with Gasteiger partial charge < -0.3 is 14.6 Å². The second kappa shape index (κ2) is 7.65. The fourth-order valence-corrected chi connectivity index (χ4v) is 3.54. The molecule has 3 atom stereocenters. The monoisotopic (exact) mass is 370 g/mol. The Hall–Kier alpha value is -1.74. The van der Waals surface area contributed by atoms with Crippen molar-refractivity contribution in [1.82, 2.24) is 0 Å². The van der Waals surface area contributed by atoms with Gasteiger partial charge in [0.2, 0.25) is 6.29 Å². The molecule has 8 heteroatoms. The minimum Gasteiger partial charge on any atom is -0.436 e. The van der Waals surface area contributed by atoms with Crippen LogP contribution in [0.25, 0.3) is 0 Å². The summed E-state index contributed by atoms with van der Waals surface area (Å²) in [4.78, 5) is 11.1. The van der Waals surface area contributed by atoms with Crippen LogP contribution in [0.15, 0.2) is 41.8 Å². The lowest BCUT2D eigenvalue weighted by Gasteiger charge is -2.31. The smallest absolute Gasteiger partial charge is 0.304 e. The summed E-state index contributed by atoms with van der Waals surface area (Å²) in [6.07, 6.45) is -0.239. The number of ether oxygens (including phenoxy) is 2. The van der Waals surface area contributed by atoms with Gasteiger partial charge in [0, 0.05) is 13.3 Å². The van der Waals surface area contributed by atoms with Crippen LogP contribution < -0.4 is 0 Å². The number of esters is 1. The molecule has 1 heterocycles. The molecular weight excluding hydrogens is 348 g/mol. The Morgan fingerprint density at radius 2 is 2.12 bits per heavy atom. The second-order valence-corrected chi connectivity index (χ2v) is 7.59. The van der Waals surface area contributed by atoms with E-state index >= 15 is 0 Å². The van der Waals surface area contributed by atoms with Crippen LogP contribution in [0.2, 0.25) is 0 Å². The summed E-state index contributed by atoms with van der Waals surface area (Å²) in [5.74, 6) is -0.526. The number of aryl methyl sites for hydroxylation is 1. The molecule has 1 unspecified atom stereocenters. The van der Waals surface area contributed by atoms with Crippen LogP contribution >= 0.6 is 0 Å². The Morgan fingerprint density at radius 3 is 2.68 bits per heavy atom. The quantitative estimate of drug-likeness (QED) is 0.443. The molecular formula is C17H22O7S. The molecule has 0 saturated carbocycles. The maximum atomic E-state index is 12.3. The van der Waals surface area contributed by atoms with Gasteiger partial charge in [0.25, 0.3) is 10.1 Å². The minimum atomic E-state index is -4.02. The van der Waals surface area contributed by atoms with Crippen LogP contribution in [0.1, 0.15) is 25.3 Å². The third kappa shape index (κ3) is 4.66. The van der Waals surface area contributed by atoms with Gasteiger partial charge in [-0.1, -0.05) is 23.8 Å². The van der Waals surface area contributed by atoms with E-state index in [-0.39, 0.29) is 11.3 Å². The van der Waals surface area contributed by atoms with Crippen molar-refractivity contribution in [2.75, 3.05) is 6.61 Å². The standard InChI is InChI=1S/C17H22O7S/c1-4-15(19)17(10-9-16(24-17)23-13(3)18)11-22-25(20,21)14-7-5-12(2)6-8-14/h4-8,15-16,19H,1,9-11H2,2-3H3/t15-,16?,17+/m0/s1. The summed E-state index contributed by atoms with van der Waals surface area (Å²) >= 11 is 0. The molecule has 0 radical (unpaired) electrons. The molecule has 7 nitrogen and oxygen atoms in total. The lowest BCUT2D eigenvalue weighted by Crippen LogP contribution is -2.46. The second-order valence-electron chi connectivity index (χ2n) is 5.97. The third-order valence-corrected chi connectivity index (χ3v) is 5.27. The van der Waals surface area contributed by atoms with Gasteiger partial charge >= 0.3 is 5.97 Å². The molecule has 25 heavy (non-hydrogen) atoms. The van der Waals surface area contributed by atoms with E-state index in [1.807, 2.05) is 6.92 Å². The summed E-state index contributed by atoms with van der Waals surface area (Å²) in [6.45, 7) is 6.17. The van der Waals surface area contributed by atoms with Crippen molar-refractivity contribution in [3.05, 3.63) is 42.5 Å². The van der Waals surface area contributed by atoms with Crippen molar-refractivity contribution in [2.45, 2.75) is 49.6 Å². The fourth-order valence-electron chi connectivity index (χ4n) is 2.58. The zero-order valence-corrected chi connectivity index (χ0v) is 15.0. The lowest BCUT2D eigenvalue weighted by atomic mass is 9.94. The van der Waals surface area contributed by atoms with Crippen LogP contribution in [0, 0.1) is 6.92 Å². The summed E-state index contributed by atoms with van der Waals surface area (Å²) in [5.41, 5.74) is -0.430. The van der Waals surface area contributed by atoms with Crippen molar-refractivity contribution in [2.24, 2.45) is 0 Å². The van der Waals surface area contributed by atoms with Crippen LogP contribution in [-0.2, 0) is 28.6 Å². The van der Waals surface area contributed by atoms with E-state index in [9.17, 15) is 18.3 Å². The molecule has 1 N–H and O–H groups in total. The highest BCUT2D eigenvalue weighted by molar-refractivity contribution is 7.86. The molecule has 1 saturated heterocycles. The average Bonchev–Trinajstić information content (AvgIpc) is 2.96. The number of carbonyl (C=O) groups excluding carboxylic acids is 1. The van der Waals surface area contributed by atoms with Gasteiger partial charge in [0.05, 0.1) is 11.5 Å². The first-order chi connectivity index (χ1) is 11.7. The first-order valence-corrected chi connectivity index (χ1v) is 9.21. The first-order valence-electron chi connectivity index (χ1n) is 7.80. The number of aliphatic hydroxyl groups excluding tert-OH is 1. The lowest BCUT2D eigenvalue weighted by molar-refractivity contribution is -0.203. The molecule has 0 aromatic heterocycles. The molecule has 1 aliphatic heterocycles. The summed E-state index contributed by atoms with van der Waals surface area (Å²) < 4.78 is 40.4. The van der Waals surface area contributed by atoms with Crippen molar-refractivity contribution in [1.29, 1.82) is 0 Å². The highest BCUT2D eigenvalue weighted by Crippen LogP contribution is 2.35. The van der Waals surface area contributed by atoms with Crippen molar-refractivity contribution in [3.8, 4) is 0 Å². The Kier molecular flexibility index (Phi) is 5.99. The largest absolute Gasteiger partial charge is 0.436 e. The predicted molar refractivity (Wildman–Crippen MR) is 89.1 cm³/mol. The van der Waals surface area contributed by atoms with E-state index in [4.69, 9.17) is 13.7 Å². The highest BCUT2D eigenvalue weighted by atomic mass is 32.2. The number of aliphatic hydroxyl groups is 1. The molecule has 1 fully saturated rings. The average molecular weight is 370 g/mol. The van der Waals surface area contributed by atoms with Crippen LogP contribution in [-0.4, -0.2) is 44.1 Å². The van der Waals surface area contributed by atoms with Gasteiger partial charge in [-0.05, 0) is 25.5 Å². The van der Waals surface area contributed by atoms with E-state index < -0.39 is 40.7 Å². The van der Waals surface area contributed by atoms with E-state index in [1.165, 1.54) is 25.1 Å². The van der Waals surface area contributed by atoms with E-state index in [1.54, 1.807) is 12.1 Å². The van der Waals surface area contributed by atoms with Gasteiger partial charge in [0.15, 0.2) is 0 Å². The van der Waals surface area contributed by atoms with Crippen LogP contribution in [0.5, 0.6) is 0 Å². The van der Waals surface area contributed by atoms with Crippen molar-refractivity contribution < 1.29 is 32.0 Å². The number of hydrogen-bond acceptors (Lipinski definition) is 7. The van der Waals surface area contributed by atoms with Gasteiger partial charge in [-0.15, -0.1) is 6.58 Å². The zero-order valence-electron chi connectivity index (χ0n) is 14.2. The predicted octanol–water partition coefficient (Wildman–Crippen LogP) is 1.69. The summed E-state index contributed by atoms with van der Waals surface area (Å²) in [5, 5.41) is 10.2. The number of rotatable bonds is 7. The van der Waals surface area contributed by atoms with Crippen LogP contribution in [0.3, 0.4) is 0 Å². The fraction of sp³-hybridized carbons (Fsp3) is 0.471. The Morgan fingerprint density at radius 1 is 1.48 bits per heavy atom. The number of carbonyl (C=O) groups is 1. The maximum Gasteiger partial charge on any atom is 0.304 e. The first kappa shape index (κ1) is 19.6. The molecule has 0 amide bonds. The van der Waals surface area contributed by atoms with E-state index in [0.29, 0.717) is 6.42 Å². The van der Waals surface area contributed by atoms with Gasteiger partial charge in [-0.2, -0.15) is 8.42 Å². The molecule has 138 valence electrons. The van der Waals surface area contributed by atoms with E-state index in [2.05, 4.69) is 6.58 Å². The van der Waals surface area contributed by atoms with Crippen molar-refractivity contribution >= 4 is 16.1 Å². The summed E-state index contributed by atoms with van der Waals surface area (Å²) in [7, 11) is -4.02. The molecule has 1 aliphatic rings. The SMILES string of the molecule is C=C[C@H](O)[C@]1(COS(=O)(=O)c2ccc(C)cc2)CCC(OC(C)=O)O1. The summed E-state index contributed by atoms with van der Waals surface area (Å²) in [6, 6.07) is 6.21. The zero-order chi connectivity index (χ0) is 18.7. The minimum absolute atomic E-state index is 0.0101. The third-order valence-electron chi connectivity index (χ3n) is 4.00. The topological polar surface area (TPSA) is 99.1 Å². The van der Waals surface area contributed by atoms with Crippen molar-refractivity contribution in [3.63, 3.8) is 0 Å². The molecule has 0 aliphatic carbocycles. The molecule has 1 aromatic carbocycles. The normalized spacial score (nSPS) is 24.7. The molecule has 1 aromatic rings. The molecule has 2 rings (SSSR count). The Labute approximate surface area is 147 Å². The Bertz CT molecular complexity index is 726. The van der Waals surface area contributed by atoms with Gasteiger partial charge in [-0.3, -0.25) is 8.98 Å². The van der Waals surface area contributed by atoms with Gasteiger partial charge in [0.1, 0.15) is 11.7 Å². The molecule has 0 bridgehead atoms. The number of benzene rings is 1. The highest BCUT2D eigenvalue weighted by Gasteiger charge is 2.47. The van der Waals surface area contributed by atoms with E-state index in [0.717, 1.165) is 5.56 Å². The number of hydrogen-bond donors (Lipinski definition) is 1. The molecule has 0 spiro atoms. The maximum absolute atomic E-state index is 12.3.